The zero-order valence-electron chi connectivity index (χ0n) is 14.3. The predicted molar refractivity (Wildman–Crippen MR) is 101 cm³/mol. The summed E-state index contributed by atoms with van der Waals surface area (Å²) in [5.74, 6) is 2.67. The highest BCUT2D eigenvalue weighted by Crippen LogP contribution is 2.37. The van der Waals surface area contributed by atoms with Gasteiger partial charge in [-0.05, 0) is 19.1 Å². The minimum atomic E-state index is 0.0456. The van der Waals surface area contributed by atoms with Gasteiger partial charge < -0.3 is 14.0 Å². The van der Waals surface area contributed by atoms with Crippen LogP contribution in [0.25, 0.3) is 10.2 Å². The van der Waals surface area contributed by atoms with Crippen molar-refractivity contribution in [2.75, 3.05) is 18.8 Å². The van der Waals surface area contributed by atoms with Gasteiger partial charge >= 0.3 is 0 Å². The van der Waals surface area contributed by atoms with Gasteiger partial charge in [0.25, 0.3) is 5.91 Å². The highest BCUT2D eigenvalue weighted by atomic mass is 32.2. The number of aromatic nitrogens is 1. The van der Waals surface area contributed by atoms with Gasteiger partial charge in [-0.1, -0.05) is 30.6 Å². The van der Waals surface area contributed by atoms with Crippen LogP contribution in [0.15, 0.2) is 17.1 Å². The summed E-state index contributed by atoms with van der Waals surface area (Å²) in [7, 11) is 0. The molecule has 1 amide bonds. The van der Waals surface area contributed by atoms with Gasteiger partial charge in [-0.25, -0.2) is 0 Å². The number of carbonyl (C=O) groups excluding carboxylic acids is 1. The van der Waals surface area contributed by atoms with E-state index < -0.39 is 0 Å². The average molecular weight is 379 g/mol. The first kappa shape index (κ1) is 17.0. The molecule has 1 saturated carbocycles. The number of fused-ring (bicyclic) bond motifs is 2. The van der Waals surface area contributed by atoms with Crippen LogP contribution >= 0.6 is 23.1 Å². The average Bonchev–Trinajstić information content (AvgIpc) is 3.22. The van der Waals surface area contributed by atoms with E-state index in [1.165, 1.54) is 6.42 Å². The lowest BCUT2D eigenvalue weighted by atomic mass is 9.89. The molecule has 7 heteroatoms. The second kappa shape index (κ2) is 7.41. The lowest BCUT2D eigenvalue weighted by molar-refractivity contribution is -0.122. The fraction of sp³-hybridized carbons (Fsp3) is 0.556. The molecule has 1 aromatic heterocycles. The van der Waals surface area contributed by atoms with Crippen LogP contribution in [0.2, 0.25) is 0 Å². The Morgan fingerprint density at radius 1 is 1.28 bits per heavy atom. The molecule has 4 rings (SSSR count). The van der Waals surface area contributed by atoms with E-state index in [2.05, 4.69) is 15.8 Å². The van der Waals surface area contributed by atoms with Crippen LogP contribution in [0.4, 0.5) is 0 Å². The summed E-state index contributed by atoms with van der Waals surface area (Å²) in [4.78, 5) is 18.0. The number of carbonyl (C=O) groups is 1. The SMILES string of the molecule is CSCCn1c(=NC(=O)C2CCCCC2)sc2cc3c(cc21)OCO3. The maximum atomic E-state index is 12.6. The van der Waals surface area contributed by atoms with Crippen molar-refractivity contribution in [1.29, 1.82) is 0 Å². The number of hydrogen-bond donors (Lipinski definition) is 0. The van der Waals surface area contributed by atoms with E-state index in [-0.39, 0.29) is 18.6 Å². The third-order valence-corrected chi connectivity index (χ3v) is 6.49. The summed E-state index contributed by atoms with van der Waals surface area (Å²) in [5, 5.41) is 0. The molecule has 0 bridgehead atoms. The van der Waals surface area contributed by atoms with Gasteiger partial charge in [0.1, 0.15) is 0 Å². The topological polar surface area (TPSA) is 52.8 Å². The van der Waals surface area contributed by atoms with E-state index in [1.807, 2.05) is 12.1 Å². The predicted octanol–water partition coefficient (Wildman–Crippen LogP) is 3.80. The number of hydrogen-bond acceptors (Lipinski definition) is 5. The fourth-order valence-corrected chi connectivity index (χ4v) is 4.92. The van der Waals surface area contributed by atoms with E-state index in [9.17, 15) is 4.79 Å². The van der Waals surface area contributed by atoms with E-state index >= 15 is 0 Å². The third kappa shape index (κ3) is 3.44. The van der Waals surface area contributed by atoms with Crippen LogP contribution in [0.1, 0.15) is 32.1 Å². The molecule has 0 atom stereocenters. The van der Waals surface area contributed by atoms with Crippen molar-refractivity contribution in [1.82, 2.24) is 4.57 Å². The number of thioether (sulfide) groups is 1. The molecule has 25 heavy (non-hydrogen) atoms. The van der Waals surface area contributed by atoms with Crippen molar-refractivity contribution < 1.29 is 14.3 Å². The van der Waals surface area contributed by atoms with Gasteiger partial charge in [0.05, 0.1) is 10.2 Å². The first-order valence-electron chi connectivity index (χ1n) is 8.77. The third-order valence-electron chi connectivity index (χ3n) is 4.86. The van der Waals surface area contributed by atoms with E-state index in [1.54, 1.807) is 23.1 Å². The smallest absolute Gasteiger partial charge is 0.251 e. The van der Waals surface area contributed by atoms with Crippen LogP contribution in [0, 0.1) is 5.92 Å². The molecule has 2 aromatic rings. The van der Waals surface area contributed by atoms with Crippen molar-refractivity contribution in [2.45, 2.75) is 38.6 Å². The van der Waals surface area contributed by atoms with Crippen molar-refractivity contribution >= 4 is 39.2 Å². The number of amides is 1. The van der Waals surface area contributed by atoms with Gasteiger partial charge in [-0.3, -0.25) is 4.79 Å². The highest BCUT2D eigenvalue weighted by molar-refractivity contribution is 7.98. The van der Waals surface area contributed by atoms with Crippen molar-refractivity contribution in [3.8, 4) is 11.5 Å². The van der Waals surface area contributed by atoms with Gasteiger partial charge in [-0.15, -0.1) is 0 Å². The summed E-state index contributed by atoms with van der Waals surface area (Å²) in [6.45, 7) is 1.10. The normalized spacial score (nSPS) is 18.2. The van der Waals surface area contributed by atoms with Crippen molar-refractivity contribution in [2.24, 2.45) is 10.9 Å². The number of benzene rings is 1. The summed E-state index contributed by atoms with van der Waals surface area (Å²) in [6.07, 6.45) is 7.58. The Hall–Kier alpha value is -1.47. The van der Waals surface area contributed by atoms with Gasteiger partial charge in [0.2, 0.25) is 6.79 Å². The summed E-state index contributed by atoms with van der Waals surface area (Å²) in [6, 6.07) is 4.01. The molecule has 0 radical (unpaired) electrons. The monoisotopic (exact) mass is 378 g/mol. The Labute approximate surface area is 155 Å². The van der Waals surface area contributed by atoms with Crippen LogP contribution in [0.5, 0.6) is 11.5 Å². The summed E-state index contributed by atoms with van der Waals surface area (Å²) < 4.78 is 14.2. The Balaban J connectivity index is 1.76. The van der Waals surface area contributed by atoms with Gasteiger partial charge in [0.15, 0.2) is 16.3 Å². The molecule has 1 fully saturated rings. The van der Waals surface area contributed by atoms with Crippen molar-refractivity contribution in [3.63, 3.8) is 0 Å². The largest absolute Gasteiger partial charge is 0.454 e. The summed E-state index contributed by atoms with van der Waals surface area (Å²) in [5.41, 5.74) is 1.07. The first-order chi connectivity index (χ1) is 12.3. The molecule has 134 valence electrons. The molecule has 1 aliphatic carbocycles. The van der Waals surface area contributed by atoms with Crippen LogP contribution in [-0.4, -0.2) is 29.3 Å². The molecule has 1 aromatic carbocycles. The Kier molecular flexibility index (Phi) is 5.03. The maximum absolute atomic E-state index is 12.6. The quantitative estimate of drug-likeness (QED) is 0.812. The minimum absolute atomic E-state index is 0.0456. The molecule has 5 nitrogen and oxygen atoms in total. The van der Waals surface area contributed by atoms with Crippen LogP contribution in [0.3, 0.4) is 0 Å². The Morgan fingerprint density at radius 2 is 2.04 bits per heavy atom. The molecular weight excluding hydrogens is 356 g/mol. The number of ether oxygens (including phenoxy) is 2. The molecule has 0 saturated heterocycles. The fourth-order valence-electron chi connectivity index (χ4n) is 3.48. The lowest BCUT2D eigenvalue weighted by Gasteiger charge is -2.17. The van der Waals surface area contributed by atoms with Crippen LogP contribution < -0.4 is 14.3 Å². The molecular formula is C18H22N2O3S2. The van der Waals surface area contributed by atoms with E-state index in [0.29, 0.717) is 0 Å². The van der Waals surface area contributed by atoms with Crippen LogP contribution in [-0.2, 0) is 11.3 Å². The summed E-state index contributed by atoms with van der Waals surface area (Å²) >= 11 is 3.35. The van der Waals surface area contributed by atoms with Gasteiger partial charge in [-0.2, -0.15) is 16.8 Å². The zero-order valence-corrected chi connectivity index (χ0v) is 16.0. The second-order valence-electron chi connectivity index (χ2n) is 6.49. The maximum Gasteiger partial charge on any atom is 0.251 e. The number of thiazole rings is 1. The van der Waals surface area contributed by atoms with E-state index in [0.717, 1.165) is 64.5 Å². The number of aryl methyl sites for hydroxylation is 1. The molecule has 0 N–H and O–H groups in total. The first-order valence-corrected chi connectivity index (χ1v) is 11.0. The molecule has 2 heterocycles. The second-order valence-corrected chi connectivity index (χ2v) is 8.48. The molecule has 0 spiro atoms. The minimum Gasteiger partial charge on any atom is -0.454 e. The highest BCUT2D eigenvalue weighted by Gasteiger charge is 2.22. The van der Waals surface area contributed by atoms with Crippen molar-refractivity contribution in [3.05, 3.63) is 16.9 Å². The van der Waals surface area contributed by atoms with E-state index in [4.69, 9.17) is 9.47 Å². The lowest BCUT2D eigenvalue weighted by Crippen LogP contribution is -2.22. The number of nitrogens with zero attached hydrogens (tertiary/aromatic N) is 2. The molecule has 2 aliphatic rings. The number of rotatable bonds is 4. The van der Waals surface area contributed by atoms with Gasteiger partial charge in [0, 0.05) is 30.3 Å². The zero-order chi connectivity index (χ0) is 17.2. The molecule has 0 unspecified atom stereocenters. The Morgan fingerprint density at radius 3 is 2.80 bits per heavy atom. The standard InChI is InChI=1S/C18H22N2O3S2/c1-24-8-7-20-13-9-14-15(23-11-22-14)10-16(13)25-18(20)19-17(21)12-5-3-2-4-6-12/h9-10,12H,2-8,11H2,1H3. The Bertz CT molecular complexity index is 850. The molecule has 1 aliphatic heterocycles.